The van der Waals surface area contributed by atoms with Gasteiger partial charge in [-0.1, -0.05) is 12.1 Å². The molecule has 0 spiro atoms. The Bertz CT molecular complexity index is 1110. The number of nitrogens with zero attached hydrogens (tertiary/aromatic N) is 1. The molecule has 30 heavy (non-hydrogen) atoms. The third-order valence-electron chi connectivity index (χ3n) is 4.43. The summed E-state index contributed by atoms with van der Waals surface area (Å²) in [6.07, 6.45) is 2.60. The van der Waals surface area contributed by atoms with Crippen molar-refractivity contribution in [1.82, 2.24) is 15.6 Å². The van der Waals surface area contributed by atoms with Gasteiger partial charge in [0, 0.05) is 30.2 Å². The molecule has 0 unspecified atom stereocenters. The minimum Gasteiger partial charge on any atom is -0.361 e. The van der Waals surface area contributed by atoms with E-state index in [0.717, 1.165) is 22.0 Å². The fraction of sp³-hybridized carbons (Fsp3) is 0.250. The zero-order valence-corrected chi connectivity index (χ0v) is 19.6. The number of hydrogen-bond acceptors (Lipinski definition) is 3. The van der Waals surface area contributed by atoms with Gasteiger partial charge in [0.15, 0.2) is 5.96 Å². The van der Waals surface area contributed by atoms with Crippen molar-refractivity contribution >= 4 is 50.9 Å². The van der Waals surface area contributed by atoms with Crippen molar-refractivity contribution in [3.05, 3.63) is 65.6 Å². The number of rotatable bonds is 7. The van der Waals surface area contributed by atoms with Crippen LogP contribution in [-0.4, -0.2) is 32.5 Å². The number of aromatic amines is 1. The minimum absolute atomic E-state index is 0. The van der Waals surface area contributed by atoms with Crippen LogP contribution < -0.4 is 15.8 Å². The van der Waals surface area contributed by atoms with Gasteiger partial charge in [-0.25, -0.2) is 22.9 Å². The number of nitrogens with one attached hydrogen (secondary N) is 3. The summed E-state index contributed by atoms with van der Waals surface area (Å²) in [5.41, 5.74) is 2.80. The Morgan fingerprint density at radius 1 is 1.17 bits per heavy atom. The van der Waals surface area contributed by atoms with Gasteiger partial charge in [0.2, 0.25) is 10.0 Å². The molecule has 3 aromatic rings. The first-order chi connectivity index (χ1) is 13.9. The Hall–Kier alpha value is -2.18. The quantitative estimate of drug-likeness (QED) is 0.208. The molecule has 0 aliphatic heterocycles. The SMILES string of the molecule is CCNC(=NCc1ccc(S(N)(=O)=O)cc1)NCCc1c[nH]c2ccc(F)cc12.I. The van der Waals surface area contributed by atoms with Gasteiger partial charge in [-0.2, -0.15) is 0 Å². The number of guanidine groups is 1. The van der Waals surface area contributed by atoms with E-state index in [4.69, 9.17) is 5.14 Å². The van der Waals surface area contributed by atoms with Crippen molar-refractivity contribution in [2.24, 2.45) is 10.1 Å². The van der Waals surface area contributed by atoms with Gasteiger partial charge in [0.05, 0.1) is 11.4 Å². The maximum absolute atomic E-state index is 13.5. The highest BCUT2D eigenvalue weighted by molar-refractivity contribution is 14.0. The van der Waals surface area contributed by atoms with E-state index in [0.29, 0.717) is 32.0 Å². The van der Waals surface area contributed by atoms with Crippen LogP contribution in [0.15, 0.2) is 58.5 Å². The van der Waals surface area contributed by atoms with E-state index in [1.165, 1.54) is 24.3 Å². The van der Waals surface area contributed by atoms with Gasteiger partial charge in [-0.05, 0) is 54.8 Å². The van der Waals surface area contributed by atoms with Crippen molar-refractivity contribution in [2.45, 2.75) is 24.8 Å². The molecule has 0 bridgehead atoms. The Morgan fingerprint density at radius 2 is 1.90 bits per heavy atom. The maximum Gasteiger partial charge on any atom is 0.238 e. The molecule has 7 nitrogen and oxygen atoms in total. The number of aromatic nitrogens is 1. The van der Waals surface area contributed by atoms with Crippen LogP contribution in [0, 0.1) is 5.82 Å². The fourth-order valence-electron chi connectivity index (χ4n) is 2.97. The Labute approximate surface area is 192 Å². The minimum atomic E-state index is -3.70. The van der Waals surface area contributed by atoms with E-state index < -0.39 is 10.0 Å². The molecule has 0 atom stereocenters. The molecular weight excluding hydrogens is 520 g/mol. The molecule has 0 fully saturated rings. The zero-order valence-electron chi connectivity index (χ0n) is 16.5. The second-order valence-electron chi connectivity index (χ2n) is 6.56. The molecule has 10 heteroatoms. The number of nitrogens with two attached hydrogens (primary N) is 1. The number of benzene rings is 2. The lowest BCUT2D eigenvalue weighted by atomic mass is 10.1. The van der Waals surface area contributed by atoms with E-state index in [9.17, 15) is 12.8 Å². The molecular formula is C20H25FIN5O2S. The predicted octanol–water partition coefficient (Wildman–Crippen LogP) is 2.87. The number of sulfonamides is 1. The van der Waals surface area contributed by atoms with Crippen LogP contribution >= 0.6 is 24.0 Å². The lowest BCUT2D eigenvalue weighted by molar-refractivity contribution is 0.597. The summed E-state index contributed by atoms with van der Waals surface area (Å²) in [6.45, 7) is 3.69. The summed E-state index contributed by atoms with van der Waals surface area (Å²) in [5.74, 6) is 0.392. The summed E-state index contributed by atoms with van der Waals surface area (Å²) >= 11 is 0. The summed E-state index contributed by atoms with van der Waals surface area (Å²) in [7, 11) is -3.70. The molecule has 0 amide bonds. The fourth-order valence-corrected chi connectivity index (χ4v) is 3.49. The van der Waals surface area contributed by atoms with Crippen LogP contribution in [0.4, 0.5) is 4.39 Å². The van der Waals surface area contributed by atoms with Gasteiger partial charge >= 0.3 is 0 Å². The molecule has 5 N–H and O–H groups in total. The second-order valence-corrected chi connectivity index (χ2v) is 8.13. The third-order valence-corrected chi connectivity index (χ3v) is 5.36. The second kappa shape index (κ2) is 10.7. The van der Waals surface area contributed by atoms with Crippen LogP contribution in [0.3, 0.4) is 0 Å². The highest BCUT2D eigenvalue weighted by Gasteiger charge is 2.07. The van der Waals surface area contributed by atoms with Crippen LogP contribution in [0.5, 0.6) is 0 Å². The van der Waals surface area contributed by atoms with Crippen LogP contribution in [0.1, 0.15) is 18.1 Å². The molecule has 3 rings (SSSR count). The molecule has 0 saturated heterocycles. The summed E-state index contributed by atoms with van der Waals surface area (Å²) < 4.78 is 36.1. The molecule has 1 aromatic heterocycles. The van der Waals surface area contributed by atoms with Gasteiger partial charge in [-0.15, -0.1) is 24.0 Å². The van der Waals surface area contributed by atoms with Crippen molar-refractivity contribution in [1.29, 1.82) is 0 Å². The normalized spacial score (nSPS) is 11.9. The average molecular weight is 545 g/mol. The van der Waals surface area contributed by atoms with Gasteiger partial charge in [-0.3, -0.25) is 0 Å². The van der Waals surface area contributed by atoms with Crippen molar-refractivity contribution in [3.63, 3.8) is 0 Å². The van der Waals surface area contributed by atoms with E-state index in [1.54, 1.807) is 18.2 Å². The van der Waals surface area contributed by atoms with E-state index in [1.807, 2.05) is 13.1 Å². The molecule has 162 valence electrons. The Balaban J connectivity index is 0.00000320. The third kappa shape index (κ3) is 6.41. The Morgan fingerprint density at radius 3 is 2.57 bits per heavy atom. The number of halogens is 2. The zero-order chi connectivity index (χ0) is 20.9. The molecule has 0 aliphatic rings. The number of aliphatic imine (C=N–C) groups is 1. The first-order valence-corrected chi connectivity index (χ1v) is 10.8. The largest absolute Gasteiger partial charge is 0.361 e. The highest BCUT2D eigenvalue weighted by atomic mass is 127. The van der Waals surface area contributed by atoms with Crippen LogP contribution in [0.2, 0.25) is 0 Å². The van der Waals surface area contributed by atoms with E-state index in [-0.39, 0.29) is 34.7 Å². The number of fused-ring (bicyclic) bond motifs is 1. The molecule has 0 radical (unpaired) electrons. The standard InChI is InChI=1S/C20H24FN5O2S.HI/c1-2-23-20(26-12-14-3-6-17(7-4-14)29(22,27)28)24-10-9-15-13-25-19-8-5-16(21)11-18(15)19;/h3-8,11,13,25H,2,9-10,12H2,1H3,(H2,22,27,28)(H2,23,24,26);1H. The molecule has 0 aliphatic carbocycles. The lowest BCUT2D eigenvalue weighted by Gasteiger charge is -2.11. The summed E-state index contributed by atoms with van der Waals surface area (Å²) in [4.78, 5) is 7.74. The predicted molar refractivity (Wildman–Crippen MR) is 128 cm³/mol. The first kappa shape index (κ1) is 24.1. The maximum atomic E-state index is 13.5. The number of primary sulfonamides is 1. The Kier molecular flexibility index (Phi) is 8.62. The highest BCUT2D eigenvalue weighted by Crippen LogP contribution is 2.19. The number of H-pyrrole nitrogens is 1. The topological polar surface area (TPSA) is 112 Å². The molecule has 0 saturated carbocycles. The summed E-state index contributed by atoms with van der Waals surface area (Å²) in [5, 5.41) is 12.4. The lowest BCUT2D eigenvalue weighted by Crippen LogP contribution is -2.38. The molecule has 2 aromatic carbocycles. The van der Waals surface area contributed by atoms with Crippen molar-refractivity contribution in [3.8, 4) is 0 Å². The summed E-state index contributed by atoms with van der Waals surface area (Å²) in [6, 6.07) is 11.0. The smallest absolute Gasteiger partial charge is 0.238 e. The number of hydrogen-bond donors (Lipinski definition) is 4. The van der Waals surface area contributed by atoms with Crippen LogP contribution in [-0.2, 0) is 23.0 Å². The van der Waals surface area contributed by atoms with E-state index >= 15 is 0 Å². The van der Waals surface area contributed by atoms with Crippen molar-refractivity contribution < 1.29 is 12.8 Å². The monoisotopic (exact) mass is 545 g/mol. The first-order valence-electron chi connectivity index (χ1n) is 9.26. The van der Waals surface area contributed by atoms with Crippen molar-refractivity contribution in [2.75, 3.05) is 13.1 Å². The van der Waals surface area contributed by atoms with E-state index in [2.05, 4.69) is 20.6 Å². The van der Waals surface area contributed by atoms with Gasteiger partial charge in [0.25, 0.3) is 0 Å². The van der Waals surface area contributed by atoms with Gasteiger partial charge < -0.3 is 15.6 Å². The molecule has 1 heterocycles. The van der Waals surface area contributed by atoms with Crippen LogP contribution in [0.25, 0.3) is 10.9 Å². The average Bonchev–Trinajstić information content (AvgIpc) is 3.08. The van der Waals surface area contributed by atoms with Gasteiger partial charge in [0.1, 0.15) is 5.82 Å².